The highest BCUT2D eigenvalue weighted by molar-refractivity contribution is 5.99. The normalized spacial score (nSPS) is 16.3. The van der Waals surface area contributed by atoms with Gasteiger partial charge in [-0.05, 0) is 64.8 Å². The van der Waals surface area contributed by atoms with Gasteiger partial charge in [0.1, 0.15) is 0 Å². The summed E-state index contributed by atoms with van der Waals surface area (Å²) in [4.78, 5) is 12.6. The summed E-state index contributed by atoms with van der Waals surface area (Å²) in [6, 6.07) is 20.6. The first kappa shape index (κ1) is 16.8. The van der Waals surface area contributed by atoms with Gasteiger partial charge in [0.05, 0.1) is 0 Å². The molecule has 0 heterocycles. The average molecular weight is 344 g/mol. The van der Waals surface area contributed by atoms with Crippen molar-refractivity contribution in [2.24, 2.45) is 11.7 Å². The van der Waals surface area contributed by atoms with Crippen molar-refractivity contribution >= 4 is 16.7 Å². The van der Waals surface area contributed by atoms with E-state index in [0.717, 1.165) is 42.1 Å². The van der Waals surface area contributed by atoms with Crippen molar-refractivity contribution in [1.29, 1.82) is 0 Å². The van der Waals surface area contributed by atoms with Crippen LogP contribution in [0.25, 0.3) is 10.8 Å². The Labute approximate surface area is 154 Å². The van der Waals surface area contributed by atoms with Crippen LogP contribution in [0, 0.1) is 5.92 Å². The number of nitrogens with one attached hydrogen (secondary N) is 1. The number of rotatable bonds is 4. The number of benzene rings is 3. The second kappa shape index (κ2) is 7.30. The van der Waals surface area contributed by atoms with Crippen molar-refractivity contribution in [1.82, 2.24) is 5.32 Å². The van der Waals surface area contributed by atoms with Crippen LogP contribution in [0.1, 0.15) is 33.5 Å². The van der Waals surface area contributed by atoms with Crippen molar-refractivity contribution in [2.45, 2.75) is 25.8 Å². The van der Waals surface area contributed by atoms with Gasteiger partial charge in [0, 0.05) is 18.7 Å². The monoisotopic (exact) mass is 344 g/mol. The third kappa shape index (κ3) is 3.35. The van der Waals surface area contributed by atoms with Crippen molar-refractivity contribution in [2.75, 3.05) is 6.54 Å². The molecule has 3 nitrogen and oxygen atoms in total. The van der Waals surface area contributed by atoms with E-state index in [9.17, 15) is 4.79 Å². The zero-order valence-electron chi connectivity index (χ0n) is 14.9. The molecule has 3 aromatic rings. The number of carbonyl (C=O) groups excluding carboxylic acids is 1. The summed E-state index contributed by atoms with van der Waals surface area (Å²) < 4.78 is 0. The lowest BCUT2D eigenvalue weighted by atomic mass is 9.84. The molecule has 132 valence electrons. The van der Waals surface area contributed by atoms with Gasteiger partial charge < -0.3 is 11.1 Å². The molecule has 0 bridgehead atoms. The van der Waals surface area contributed by atoms with Gasteiger partial charge in [0.15, 0.2) is 0 Å². The molecular weight excluding hydrogens is 320 g/mol. The van der Waals surface area contributed by atoms with Crippen LogP contribution in [0.5, 0.6) is 0 Å². The Morgan fingerprint density at radius 3 is 2.73 bits per heavy atom. The maximum atomic E-state index is 12.6. The summed E-state index contributed by atoms with van der Waals surface area (Å²) in [5, 5.41) is 5.31. The predicted molar refractivity (Wildman–Crippen MR) is 106 cm³/mol. The van der Waals surface area contributed by atoms with Gasteiger partial charge >= 0.3 is 0 Å². The molecule has 0 saturated carbocycles. The number of aryl methyl sites for hydroxylation is 1. The maximum Gasteiger partial charge on any atom is 0.251 e. The Bertz CT molecular complexity index is 948. The van der Waals surface area contributed by atoms with Crippen LogP contribution in [-0.2, 0) is 19.4 Å². The first-order chi connectivity index (χ1) is 12.7. The van der Waals surface area contributed by atoms with Gasteiger partial charge in [0.25, 0.3) is 5.91 Å². The van der Waals surface area contributed by atoms with Crippen LogP contribution in [-0.4, -0.2) is 12.5 Å². The van der Waals surface area contributed by atoms with Gasteiger partial charge in [-0.1, -0.05) is 48.5 Å². The topological polar surface area (TPSA) is 55.1 Å². The zero-order chi connectivity index (χ0) is 17.9. The molecule has 1 amide bonds. The molecule has 1 atom stereocenters. The third-order valence-corrected chi connectivity index (χ3v) is 5.45. The fourth-order valence-corrected chi connectivity index (χ4v) is 3.94. The molecule has 0 radical (unpaired) electrons. The van der Waals surface area contributed by atoms with Crippen LogP contribution in [0.15, 0.2) is 60.7 Å². The Morgan fingerprint density at radius 1 is 1.04 bits per heavy atom. The number of nitrogens with two attached hydrogens (primary N) is 1. The van der Waals surface area contributed by atoms with E-state index in [-0.39, 0.29) is 5.91 Å². The number of hydrogen-bond donors (Lipinski definition) is 2. The Balaban J connectivity index is 1.45. The van der Waals surface area contributed by atoms with Crippen LogP contribution >= 0.6 is 0 Å². The fraction of sp³-hybridized carbons (Fsp3) is 0.261. The van der Waals surface area contributed by atoms with Crippen molar-refractivity contribution in [3.8, 4) is 0 Å². The molecule has 1 unspecified atom stereocenters. The molecule has 26 heavy (non-hydrogen) atoms. The minimum absolute atomic E-state index is 0.00224. The molecule has 1 aliphatic carbocycles. The van der Waals surface area contributed by atoms with E-state index in [0.29, 0.717) is 18.0 Å². The largest absolute Gasteiger partial charge is 0.352 e. The Morgan fingerprint density at radius 2 is 1.88 bits per heavy atom. The molecular formula is C23H24N2O. The highest BCUT2D eigenvalue weighted by atomic mass is 16.1. The fourth-order valence-electron chi connectivity index (χ4n) is 3.94. The highest BCUT2D eigenvalue weighted by Crippen LogP contribution is 2.25. The van der Waals surface area contributed by atoms with Crippen molar-refractivity contribution in [3.05, 3.63) is 82.9 Å². The van der Waals surface area contributed by atoms with Gasteiger partial charge in [-0.15, -0.1) is 0 Å². The van der Waals surface area contributed by atoms with E-state index in [4.69, 9.17) is 5.73 Å². The molecule has 3 heteroatoms. The van der Waals surface area contributed by atoms with Crippen LogP contribution in [0.3, 0.4) is 0 Å². The summed E-state index contributed by atoms with van der Waals surface area (Å²) in [6.45, 7) is 1.20. The molecule has 0 saturated heterocycles. The Kier molecular flexibility index (Phi) is 4.72. The summed E-state index contributed by atoms with van der Waals surface area (Å²) in [7, 11) is 0. The molecule has 0 aromatic heterocycles. The zero-order valence-corrected chi connectivity index (χ0v) is 14.9. The van der Waals surface area contributed by atoms with E-state index in [2.05, 4.69) is 35.6 Å². The van der Waals surface area contributed by atoms with Crippen LogP contribution in [0.2, 0.25) is 0 Å². The first-order valence-corrected chi connectivity index (χ1v) is 9.31. The molecule has 4 rings (SSSR count). The number of amides is 1. The second-order valence-electron chi connectivity index (χ2n) is 7.14. The smallest absolute Gasteiger partial charge is 0.251 e. The number of fused-ring (bicyclic) bond motifs is 2. The van der Waals surface area contributed by atoms with E-state index in [1.54, 1.807) is 0 Å². The molecule has 3 aromatic carbocycles. The van der Waals surface area contributed by atoms with Crippen LogP contribution < -0.4 is 11.1 Å². The lowest BCUT2D eigenvalue weighted by Crippen LogP contribution is -2.32. The van der Waals surface area contributed by atoms with Gasteiger partial charge in [-0.2, -0.15) is 0 Å². The van der Waals surface area contributed by atoms with Gasteiger partial charge in [0.2, 0.25) is 0 Å². The summed E-state index contributed by atoms with van der Waals surface area (Å²) >= 11 is 0. The number of carbonyl (C=O) groups is 1. The van der Waals surface area contributed by atoms with Crippen molar-refractivity contribution < 1.29 is 4.79 Å². The SMILES string of the molecule is NCc1cccc2ccc(C(=O)NCC3CCc4ccccc4C3)cc12. The predicted octanol–water partition coefficient (Wildman–Crippen LogP) is 3.83. The highest BCUT2D eigenvalue weighted by Gasteiger charge is 2.19. The second-order valence-corrected chi connectivity index (χ2v) is 7.14. The molecule has 3 N–H and O–H groups in total. The van der Waals surface area contributed by atoms with E-state index in [1.165, 1.54) is 11.1 Å². The van der Waals surface area contributed by atoms with E-state index in [1.807, 2.05) is 30.3 Å². The maximum absolute atomic E-state index is 12.6. The quantitative estimate of drug-likeness (QED) is 0.756. The minimum atomic E-state index is -0.00224. The molecule has 0 aliphatic heterocycles. The summed E-state index contributed by atoms with van der Waals surface area (Å²) in [6.07, 6.45) is 3.28. The van der Waals surface area contributed by atoms with Gasteiger partial charge in [-0.3, -0.25) is 4.79 Å². The number of hydrogen-bond acceptors (Lipinski definition) is 2. The first-order valence-electron chi connectivity index (χ1n) is 9.31. The van der Waals surface area contributed by atoms with E-state index >= 15 is 0 Å². The van der Waals surface area contributed by atoms with E-state index < -0.39 is 0 Å². The molecule has 1 aliphatic rings. The molecule has 0 spiro atoms. The standard InChI is InChI=1S/C23H24N2O/c24-14-21-7-3-6-18-10-11-20(13-22(18)21)23(26)25-15-16-8-9-17-4-1-2-5-19(17)12-16/h1-7,10-11,13,16H,8-9,12,14-15,24H2,(H,25,26). The summed E-state index contributed by atoms with van der Waals surface area (Å²) in [5.41, 5.74) is 10.5. The van der Waals surface area contributed by atoms with Crippen LogP contribution in [0.4, 0.5) is 0 Å². The Hall–Kier alpha value is -2.65. The van der Waals surface area contributed by atoms with Crippen molar-refractivity contribution in [3.63, 3.8) is 0 Å². The lowest BCUT2D eigenvalue weighted by Gasteiger charge is -2.24. The third-order valence-electron chi connectivity index (χ3n) is 5.45. The minimum Gasteiger partial charge on any atom is -0.352 e. The average Bonchev–Trinajstić information content (AvgIpc) is 2.71. The molecule has 0 fully saturated rings. The van der Waals surface area contributed by atoms with Gasteiger partial charge in [-0.25, -0.2) is 0 Å². The summed E-state index contributed by atoms with van der Waals surface area (Å²) in [5.74, 6) is 0.506. The lowest BCUT2D eigenvalue weighted by molar-refractivity contribution is 0.0946.